The first-order chi connectivity index (χ1) is 6.81. The van der Waals surface area contributed by atoms with Gasteiger partial charge in [0.15, 0.2) is 11.4 Å². The van der Waals surface area contributed by atoms with Crippen LogP contribution in [0, 0.1) is 0 Å². The third-order valence-electron chi connectivity index (χ3n) is 2.04. The third kappa shape index (κ3) is 1.56. The normalized spacial score (nSPS) is 13.0. The molecule has 0 aliphatic carbocycles. The highest BCUT2D eigenvalue weighted by molar-refractivity contribution is 5.53. The zero-order valence-electron chi connectivity index (χ0n) is 8.05. The van der Waals surface area contributed by atoms with E-state index in [0.29, 0.717) is 6.54 Å². The van der Waals surface area contributed by atoms with E-state index in [0.717, 1.165) is 11.4 Å². The van der Waals surface area contributed by atoms with Crippen molar-refractivity contribution in [2.45, 2.75) is 13.0 Å². The third-order valence-corrected chi connectivity index (χ3v) is 2.04. The van der Waals surface area contributed by atoms with Gasteiger partial charge >= 0.3 is 0 Å². The fraction of sp³-hybridized carbons (Fsp3) is 0.300. The summed E-state index contributed by atoms with van der Waals surface area (Å²) >= 11 is 0. The van der Waals surface area contributed by atoms with Crippen LogP contribution in [-0.4, -0.2) is 22.0 Å². The quantitative estimate of drug-likeness (QED) is 0.789. The highest BCUT2D eigenvalue weighted by atomic mass is 16.5. The van der Waals surface area contributed by atoms with Gasteiger partial charge in [-0.3, -0.25) is 0 Å². The minimum atomic E-state index is 0.0119. The number of fused-ring (bicyclic) bond motifs is 1. The molecule has 2 aromatic rings. The molecule has 4 heteroatoms. The van der Waals surface area contributed by atoms with Crippen LogP contribution in [0.15, 0.2) is 30.7 Å². The molecule has 0 fully saturated rings. The average molecular weight is 191 g/mol. The lowest BCUT2D eigenvalue weighted by molar-refractivity contribution is 0.231. The summed E-state index contributed by atoms with van der Waals surface area (Å²) in [5.41, 5.74) is 6.31. The van der Waals surface area contributed by atoms with Crippen molar-refractivity contribution in [1.29, 1.82) is 0 Å². The number of aromatic nitrogens is 2. The van der Waals surface area contributed by atoms with Crippen LogP contribution in [-0.2, 0) is 0 Å². The van der Waals surface area contributed by atoms with Crippen molar-refractivity contribution >= 4 is 5.65 Å². The Bertz CT molecular complexity index is 424. The predicted octanol–water partition coefficient (Wildman–Crippen LogP) is 1.06. The smallest absolute Gasteiger partial charge is 0.179 e. The standard InChI is InChI=1S/C10H13N3O/c1-8(7-11)14-9-3-2-5-13-6-4-12-10(9)13/h2-6,8H,7,11H2,1H3. The van der Waals surface area contributed by atoms with Crippen molar-refractivity contribution in [2.24, 2.45) is 5.73 Å². The molecule has 0 aliphatic rings. The topological polar surface area (TPSA) is 52.5 Å². The van der Waals surface area contributed by atoms with E-state index in [-0.39, 0.29) is 6.10 Å². The molecule has 0 spiro atoms. The summed E-state index contributed by atoms with van der Waals surface area (Å²) in [6.45, 7) is 2.44. The van der Waals surface area contributed by atoms with Gasteiger partial charge in [-0.15, -0.1) is 0 Å². The molecule has 74 valence electrons. The first-order valence-corrected chi connectivity index (χ1v) is 4.59. The van der Waals surface area contributed by atoms with Gasteiger partial charge in [0.2, 0.25) is 0 Å². The number of pyridine rings is 1. The van der Waals surface area contributed by atoms with Crippen LogP contribution in [0.25, 0.3) is 5.65 Å². The Morgan fingerprint density at radius 3 is 3.21 bits per heavy atom. The zero-order valence-corrected chi connectivity index (χ0v) is 8.05. The molecule has 2 aromatic heterocycles. The molecule has 0 radical (unpaired) electrons. The van der Waals surface area contributed by atoms with Crippen molar-refractivity contribution in [3.05, 3.63) is 30.7 Å². The second-order valence-electron chi connectivity index (χ2n) is 3.19. The summed E-state index contributed by atoms with van der Waals surface area (Å²) < 4.78 is 7.54. The minimum absolute atomic E-state index is 0.0119. The summed E-state index contributed by atoms with van der Waals surface area (Å²) in [6, 6.07) is 3.82. The van der Waals surface area contributed by atoms with Crippen molar-refractivity contribution in [3.8, 4) is 5.75 Å². The maximum Gasteiger partial charge on any atom is 0.179 e. The van der Waals surface area contributed by atoms with E-state index in [1.54, 1.807) is 6.20 Å². The summed E-state index contributed by atoms with van der Waals surface area (Å²) in [4.78, 5) is 4.20. The Kier molecular flexibility index (Phi) is 2.37. The lowest BCUT2D eigenvalue weighted by Crippen LogP contribution is -2.23. The summed E-state index contributed by atoms with van der Waals surface area (Å²) in [7, 11) is 0. The largest absolute Gasteiger partial charge is 0.485 e. The van der Waals surface area contributed by atoms with E-state index >= 15 is 0 Å². The van der Waals surface area contributed by atoms with Crippen molar-refractivity contribution in [1.82, 2.24) is 9.38 Å². The fourth-order valence-corrected chi connectivity index (χ4v) is 1.28. The van der Waals surface area contributed by atoms with Gasteiger partial charge < -0.3 is 14.9 Å². The van der Waals surface area contributed by atoms with Crippen LogP contribution < -0.4 is 10.5 Å². The van der Waals surface area contributed by atoms with Crippen LogP contribution in [0.5, 0.6) is 5.75 Å². The molecule has 0 saturated carbocycles. The van der Waals surface area contributed by atoms with Crippen LogP contribution in [0.2, 0.25) is 0 Å². The Morgan fingerprint density at radius 1 is 1.57 bits per heavy atom. The van der Waals surface area contributed by atoms with Crippen LogP contribution in [0.3, 0.4) is 0 Å². The van der Waals surface area contributed by atoms with Crippen molar-refractivity contribution < 1.29 is 4.74 Å². The summed E-state index contributed by atoms with van der Waals surface area (Å²) in [5, 5.41) is 0. The highest BCUT2D eigenvalue weighted by Crippen LogP contribution is 2.18. The number of ether oxygens (including phenoxy) is 1. The molecule has 0 amide bonds. The zero-order chi connectivity index (χ0) is 9.97. The minimum Gasteiger partial charge on any atom is -0.485 e. The summed E-state index contributed by atoms with van der Waals surface area (Å²) in [6.07, 6.45) is 5.57. The molecule has 2 heterocycles. The number of imidazole rings is 1. The average Bonchev–Trinajstić information content (AvgIpc) is 2.66. The van der Waals surface area contributed by atoms with Gasteiger partial charge in [0.1, 0.15) is 6.10 Å². The first kappa shape index (κ1) is 9.02. The van der Waals surface area contributed by atoms with Gasteiger partial charge in [-0.25, -0.2) is 4.98 Å². The lowest BCUT2D eigenvalue weighted by atomic mass is 10.4. The van der Waals surface area contributed by atoms with Gasteiger partial charge in [0.05, 0.1) is 0 Å². The second-order valence-corrected chi connectivity index (χ2v) is 3.19. The monoisotopic (exact) mass is 191 g/mol. The van der Waals surface area contributed by atoms with Gasteiger partial charge in [0, 0.05) is 25.1 Å². The van der Waals surface area contributed by atoms with E-state index < -0.39 is 0 Å². The molecule has 14 heavy (non-hydrogen) atoms. The second kappa shape index (κ2) is 3.67. The van der Waals surface area contributed by atoms with Crippen LogP contribution >= 0.6 is 0 Å². The Hall–Kier alpha value is -1.55. The molecule has 0 aliphatic heterocycles. The van der Waals surface area contributed by atoms with Crippen molar-refractivity contribution in [3.63, 3.8) is 0 Å². The van der Waals surface area contributed by atoms with Crippen LogP contribution in [0.1, 0.15) is 6.92 Å². The summed E-state index contributed by atoms with van der Waals surface area (Å²) in [5.74, 6) is 0.774. The van der Waals surface area contributed by atoms with Gasteiger partial charge in [-0.1, -0.05) is 0 Å². The molecule has 0 bridgehead atoms. The van der Waals surface area contributed by atoms with E-state index in [1.807, 2.05) is 35.9 Å². The molecule has 0 saturated heterocycles. The molecule has 4 nitrogen and oxygen atoms in total. The van der Waals surface area contributed by atoms with E-state index in [1.165, 1.54) is 0 Å². The Morgan fingerprint density at radius 2 is 2.43 bits per heavy atom. The van der Waals surface area contributed by atoms with Gasteiger partial charge in [0.25, 0.3) is 0 Å². The van der Waals surface area contributed by atoms with Gasteiger partial charge in [-0.05, 0) is 19.1 Å². The number of hydrogen-bond acceptors (Lipinski definition) is 3. The molecule has 2 N–H and O–H groups in total. The lowest BCUT2D eigenvalue weighted by Gasteiger charge is -2.12. The molecule has 1 unspecified atom stereocenters. The number of nitrogens with zero attached hydrogens (tertiary/aromatic N) is 2. The van der Waals surface area contributed by atoms with Gasteiger partial charge in [-0.2, -0.15) is 0 Å². The molecule has 0 aromatic carbocycles. The number of rotatable bonds is 3. The van der Waals surface area contributed by atoms with E-state index in [9.17, 15) is 0 Å². The van der Waals surface area contributed by atoms with Crippen LogP contribution in [0.4, 0.5) is 0 Å². The Balaban J connectivity index is 2.36. The SMILES string of the molecule is CC(CN)Oc1cccn2ccnc12. The Labute approximate surface area is 82.3 Å². The van der Waals surface area contributed by atoms with E-state index in [4.69, 9.17) is 10.5 Å². The molecule has 2 rings (SSSR count). The molecule has 1 atom stereocenters. The molecular formula is C10H13N3O. The molecular weight excluding hydrogens is 178 g/mol. The maximum absolute atomic E-state index is 5.63. The van der Waals surface area contributed by atoms with E-state index in [2.05, 4.69) is 4.98 Å². The highest BCUT2D eigenvalue weighted by Gasteiger charge is 2.06. The van der Waals surface area contributed by atoms with Crippen molar-refractivity contribution in [2.75, 3.05) is 6.54 Å². The first-order valence-electron chi connectivity index (χ1n) is 4.59. The number of nitrogens with two attached hydrogens (primary N) is 1. The maximum atomic E-state index is 5.63. The number of hydrogen-bond donors (Lipinski definition) is 1. The predicted molar refractivity (Wildman–Crippen MR) is 54.3 cm³/mol. The fourth-order valence-electron chi connectivity index (χ4n) is 1.28.